The Morgan fingerprint density at radius 3 is 2.65 bits per heavy atom. The van der Waals surface area contributed by atoms with Gasteiger partial charge >= 0.3 is 0 Å². The topological polar surface area (TPSA) is 39.2 Å². The Hall–Kier alpha value is -2.16. The van der Waals surface area contributed by atoms with Crippen molar-refractivity contribution < 1.29 is 9.53 Å². The Morgan fingerprint density at radius 2 is 2.00 bits per heavy atom. The van der Waals surface area contributed by atoms with Crippen LogP contribution < -0.4 is 4.74 Å². The molecule has 2 rings (SSSR count). The Kier molecular flexibility index (Phi) is 4.88. The van der Waals surface area contributed by atoms with Gasteiger partial charge in [-0.25, -0.2) is 0 Å². The summed E-state index contributed by atoms with van der Waals surface area (Å²) >= 11 is 0. The molecule has 0 radical (unpaired) electrons. The number of benzene rings is 1. The molecule has 3 nitrogen and oxygen atoms in total. The molecule has 1 heterocycles. The van der Waals surface area contributed by atoms with Gasteiger partial charge in [-0.15, -0.1) is 0 Å². The van der Waals surface area contributed by atoms with Gasteiger partial charge < -0.3 is 4.74 Å². The molecule has 1 aromatic carbocycles. The molecule has 0 aliphatic carbocycles. The predicted octanol–water partition coefficient (Wildman–Crippen LogP) is 3.01. The van der Waals surface area contributed by atoms with E-state index >= 15 is 0 Å². The molecule has 0 saturated carbocycles. The second kappa shape index (κ2) is 6.85. The average molecular weight is 269 g/mol. The number of hydrogen-bond donors (Lipinski definition) is 0. The van der Waals surface area contributed by atoms with Crippen LogP contribution in [0.25, 0.3) is 0 Å². The van der Waals surface area contributed by atoms with Crippen molar-refractivity contribution >= 4 is 5.78 Å². The first-order valence-electron chi connectivity index (χ1n) is 6.79. The molecule has 2 aromatic rings. The van der Waals surface area contributed by atoms with Crippen molar-refractivity contribution in [1.82, 2.24) is 4.98 Å². The number of Topliss-reactive ketones (excluding diaryl/α,β-unsaturated/α-hetero) is 1. The zero-order valence-electron chi connectivity index (χ0n) is 11.9. The highest BCUT2D eigenvalue weighted by Gasteiger charge is 2.07. The van der Waals surface area contributed by atoms with Crippen LogP contribution in [0.2, 0.25) is 0 Å². The lowest BCUT2D eigenvalue weighted by molar-refractivity contribution is -0.117. The van der Waals surface area contributed by atoms with E-state index in [9.17, 15) is 4.79 Å². The van der Waals surface area contributed by atoms with Gasteiger partial charge in [0.25, 0.3) is 0 Å². The number of ether oxygens (including phenoxy) is 1. The van der Waals surface area contributed by atoms with Crippen molar-refractivity contribution in [3.8, 4) is 5.75 Å². The molecule has 3 heteroatoms. The molecule has 0 N–H and O–H groups in total. The molecule has 104 valence electrons. The summed E-state index contributed by atoms with van der Waals surface area (Å²) in [5.41, 5.74) is 2.99. The summed E-state index contributed by atoms with van der Waals surface area (Å²) in [7, 11) is 1.63. The normalized spacial score (nSPS) is 10.3. The van der Waals surface area contributed by atoms with Crippen molar-refractivity contribution in [2.75, 3.05) is 7.11 Å². The number of nitrogens with zero attached hydrogens (tertiary/aromatic N) is 1. The minimum atomic E-state index is 0.162. The largest absolute Gasteiger partial charge is 0.497 e. The number of aromatic nitrogens is 1. The minimum Gasteiger partial charge on any atom is -0.497 e. The van der Waals surface area contributed by atoms with Crippen molar-refractivity contribution in [3.05, 3.63) is 59.4 Å². The van der Waals surface area contributed by atoms with Crippen molar-refractivity contribution in [2.24, 2.45) is 0 Å². The minimum absolute atomic E-state index is 0.162. The smallest absolute Gasteiger partial charge is 0.143 e. The van der Waals surface area contributed by atoms with E-state index in [1.807, 2.05) is 42.6 Å². The maximum absolute atomic E-state index is 12.1. The third-order valence-electron chi connectivity index (χ3n) is 3.21. The van der Waals surface area contributed by atoms with E-state index in [-0.39, 0.29) is 5.78 Å². The lowest BCUT2D eigenvalue weighted by Gasteiger charge is -2.04. The second-order valence-corrected chi connectivity index (χ2v) is 4.76. The van der Waals surface area contributed by atoms with E-state index in [4.69, 9.17) is 4.74 Å². The van der Waals surface area contributed by atoms with E-state index in [0.717, 1.165) is 23.4 Å². The second-order valence-electron chi connectivity index (χ2n) is 4.76. The number of carbonyl (C=O) groups is 1. The molecular formula is C17H19NO2. The van der Waals surface area contributed by atoms with Crippen LogP contribution >= 0.6 is 0 Å². The fourth-order valence-corrected chi connectivity index (χ4v) is 2.04. The van der Waals surface area contributed by atoms with E-state index < -0.39 is 0 Å². The molecule has 0 saturated heterocycles. The number of pyridine rings is 1. The zero-order chi connectivity index (χ0) is 14.4. The molecule has 0 aliphatic heterocycles. The van der Waals surface area contributed by atoms with Crippen LogP contribution in [0.5, 0.6) is 5.75 Å². The number of methoxy groups -OCH3 is 1. The van der Waals surface area contributed by atoms with E-state index in [1.54, 1.807) is 7.11 Å². The number of hydrogen-bond acceptors (Lipinski definition) is 3. The Balaban J connectivity index is 1.97. The summed E-state index contributed by atoms with van der Waals surface area (Å²) < 4.78 is 5.16. The Morgan fingerprint density at radius 1 is 1.15 bits per heavy atom. The fraction of sp³-hybridized carbons (Fsp3) is 0.294. The molecule has 0 amide bonds. The number of ketones is 1. The van der Waals surface area contributed by atoms with Gasteiger partial charge in [-0.1, -0.05) is 25.1 Å². The highest BCUT2D eigenvalue weighted by molar-refractivity contribution is 5.82. The van der Waals surface area contributed by atoms with Crippen LogP contribution in [0.1, 0.15) is 23.7 Å². The van der Waals surface area contributed by atoms with Gasteiger partial charge in [0, 0.05) is 24.7 Å². The van der Waals surface area contributed by atoms with Crippen molar-refractivity contribution in [2.45, 2.75) is 26.2 Å². The number of rotatable bonds is 6. The first kappa shape index (κ1) is 14.3. The summed E-state index contributed by atoms with van der Waals surface area (Å²) in [4.78, 5) is 16.4. The monoisotopic (exact) mass is 269 g/mol. The number of aryl methyl sites for hydroxylation is 1. The van der Waals surface area contributed by atoms with Gasteiger partial charge in [-0.2, -0.15) is 0 Å². The Labute approximate surface area is 119 Å². The first-order chi connectivity index (χ1) is 9.71. The van der Waals surface area contributed by atoms with Crippen LogP contribution in [-0.2, 0) is 24.1 Å². The quantitative estimate of drug-likeness (QED) is 0.809. The van der Waals surface area contributed by atoms with E-state index in [2.05, 4.69) is 11.9 Å². The molecule has 0 aliphatic rings. The summed E-state index contributed by atoms with van der Waals surface area (Å²) in [6.07, 6.45) is 3.59. The van der Waals surface area contributed by atoms with Crippen LogP contribution in [0.3, 0.4) is 0 Å². The summed E-state index contributed by atoms with van der Waals surface area (Å²) in [6.45, 7) is 2.09. The van der Waals surface area contributed by atoms with E-state index in [0.29, 0.717) is 12.8 Å². The lowest BCUT2D eigenvalue weighted by Crippen LogP contribution is -2.08. The molecule has 0 fully saturated rings. The maximum atomic E-state index is 12.1. The van der Waals surface area contributed by atoms with Gasteiger partial charge in [-0.05, 0) is 35.7 Å². The van der Waals surface area contributed by atoms with E-state index in [1.165, 1.54) is 5.56 Å². The molecule has 0 atom stereocenters. The molecule has 1 aromatic heterocycles. The van der Waals surface area contributed by atoms with Crippen molar-refractivity contribution in [1.29, 1.82) is 0 Å². The van der Waals surface area contributed by atoms with Gasteiger partial charge in [-0.3, -0.25) is 9.78 Å². The maximum Gasteiger partial charge on any atom is 0.143 e. The standard InChI is InChI=1S/C17H19NO2/c1-3-13-7-8-15(18-12-13)11-16(19)9-14-5-4-6-17(10-14)20-2/h4-8,10,12H,3,9,11H2,1-2H3. The zero-order valence-corrected chi connectivity index (χ0v) is 11.9. The third kappa shape index (κ3) is 3.92. The summed E-state index contributed by atoms with van der Waals surface area (Å²) in [5.74, 6) is 0.940. The van der Waals surface area contributed by atoms with Gasteiger partial charge in [0.2, 0.25) is 0 Å². The average Bonchev–Trinajstić information content (AvgIpc) is 2.48. The van der Waals surface area contributed by atoms with Crippen molar-refractivity contribution in [3.63, 3.8) is 0 Å². The highest BCUT2D eigenvalue weighted by atomic mass is 16.5. The SMILES string of the molecule is CCc1ccc(CC(=O)Cc2cccc(OC)c2)nc1. The van der Waals surface area contributed by atoms with Crippen LogP contribution in [0.15, 0.2) is 42.6 Å². The first-order valence-corrected chi connectivity index (χ1v) is 6.79. The van der Waals surface area contributed by atoms with Gasteiger partial charge in [0.15, 0.2) is 0 Å². The van der Waals surface area contributed by atoms with Crippen LogP contribution in [0, 0.1) is 0 Å². The highest BCUT2D eigenvalue weighted by Crippen LogP contribution is 2.14. The fourth-order valence-electron chi connectivity index (χ4n) is 2.04. The predicted molar refractivity (Wildman–Crippen MR) is 79.0 cm³/mol. The lowest BCUT2D eigenvalue weighted by atomic mass is 10.0. The van der Waals surface area contributed by atoms with Crippen LogP contribution in [0.4, 0.5) is 0 Å². The third-order valence-corrected chi connectivity index (χ3v) is 3.21. The molecule has 0 unspecified atom stereocenters. The molecule has 0 spiro atoms. The molecule has 0 bridgehead atoms. The number of carbonyl (C=O) groups excluding carboxylic acids is 1. The van der Waals surface area contributed by atoms with Gasteiger partial charge in [0.05, 0.1) is 7.11 Å². The van der Waals surface area contributed by atoms with Crippen LogP contribution in [-0.4, -0.2) is 17.9 Å². The molecule has 20 heavy (non-hydrogen) atoms. The summed E-state index contributed by atoms with van der Waals surface area (Å²) in [5, 5.41) is 0. The van der Waals surface area contributed by atoms with Gasteiger partial charge in [0.1, 0.15) is 11.5 Å². The molecular weight excluding hydrogens is 250 g/mol. The Bertz CT molecular complexity index is 576. The summed E-state index contributed by atoms with van der Waals surface area (Å²) in [6, 6.07) is 11.6.